The Balaban J connectivity index is 0.00000242. The van der Waals surface area contributed by atoms with Crippen LogP contribution in [0.25, 0.3) is 0 Å². The number of nitrogens with zero attached hydrogens (tertiary/aromatic N) is 2. The summed E-state index contributed by atoms with van der Waals surface area (Å²) in [5, 5.41) is 0. The first-order valence-corrected chi connectivity index (χ1v) is 7.73. The van der Waals surface area contributed by atoms with E-state index in [9.17, 15) is 4.79 Å². The minimum Gasteiger partial charge on any atom is -1.00 e. The molecule has 0 aliphatic carbocycles. The number of carbonyl (C=O) groups excluding carboxylic acids is 1. The number of ether oxygens (including phenoxy) is 1. The van der Waals surface area contributed by atoms with Gasteiger partial charge >= 0.3 is 5.97 Å². The number of rotatable bonds is 5. The van der Waals surface area contributed by atoms with Crippen molar-refractivity contribution in [1.82, 2.24) is 0 Å². The average Bonchev–Trinajstić information content (AvgIpc) is 2.48. The fraction of sp³-hybridized carbons (Fsp3) is 0.588. The third-order valence-electron chi connectivity index (χ3n) is 4.33. The molecule has 1 aromatic rings. The van der Waals surface area contributed by atoms with Crippen molar-refractivity contribution >= 4 is 11.7 Å². The minimum atomic E-state index is -0.124. The van der Waals surface area contributed by atoms with Gasteiger partial charge in [-0.05, 0) is 30.5 Å². The van der Waals surface area contributed by atoms with Crippen molar-refractivity contribution in [3.05, 3.63) is 29.8 Å². The zero-order valence-electron chi connectivity index (χ0n) is 13.8. The van der Waals surface area contributed by atoms with Gasteiger partial charge in [0.25, 0.3) is 0 Å². The fourth-order valence-electron chi connectivity index (χ4n) is 2.68. The molecule has 2 rings (SSSR count). The Morgan fingerprint density at radius 2 is 1.77 bits per heavy atom. The number of hydrogen-bond donors (Lipinski definition) is 0. The number of hydrogen-bond acceptors (Lipinski definition) is 3. The van der Waals surface area contributed by atoms with Gasteiger partial charge in [0.1, 0.15) is 0 Å². The van der Waals surface area contributed by atoms with Gasteiger partial charge in [0.15, 0.2) is 0 Å². The van der Waals surface area contributed by atoms with Crippen LogP contribution in [0.5, 0.6) is 0 Å². The lowest BCUT2D eigenvalue weighted by molar-refractivity contribution is -0.890. The van der Waals surface area contributed by atoms with E-state index >= 15 is 0 Å². The van der Waals surface area contributed by atoms with Gasteiger partial charge in [0.05, 0.1) is 47.4 Å². The molecule has 1 aromatic carbocycles. The van der Waals surface area contributed by atoms with Gasteiger partial charge in [-0.1, -0.05) is 12.1 Å². The summed E-state index contributed by atoms with van der Waals surface area (Å²) in [6.45, 7) is 4.63. The van der Waals surface area contributed by atoms with Crippen LogP contribution in [0.2, 0.25) is 0 Å². The van der Waals surface area contributed by atoms with Gasteiger partial charge in [-0.25, -0.2) is 0 Å². The molecule has 0 atom stereocenters. The van der Waals surface area contributed by atoms with Crippen LogP contribution in [-0.2, 0) is 16.0 Å². The molecule has 0 amide bonds. The molecule has 0 spiro atoms. The van der Waals surface area contributed by atoms with E-state index in [1.54, 1.807) is 0 Å². The molecule has 124 valence electrons. The smallest absolute Gasteiger partial charge is 0.305 e. The molecular weight excluding hydrogens is 300 g/mol. The third kappa shape index (κ3) is 5.50. The van der Waals surface area contributed by atoms with Gasteiger partial charge in [-0.3, -0.25) is 4.79 Å². The van der Waals surface area contributed by atoms with Crippen molar-refractivity contribution in [2.75, 3.05) is 52.3 Å². The lowest BCUT2D eigenvalue weighted by Crippen LogP contribution is -3.00. The number of carbonyl (C=O) groups is 1. The first-order valence-electron chi connectivity index (χ1n) is 7.73. The zero-order chi connectivity index (χ0) is 15.3. The van der Waals surface area contributed by atoms with Gasteiger partial charge in [0.2, 0.25) is 0 Å². The van der Waals surface area contributed by atoms with Crippen LogP contribution in [0, 0.1) is 0 Å². The van der Waals surface area contributed by atoms with E-state index in [-0.39, 0.29) is 18.4 Å². The highest BCUT2D eigenvalue weighted by Crippen LogP contribution is 2.19. The molecule has 0 N–H and O–H groups in total. The lowest BCUT2D eigenvalue weighted by atomic mass is 10.1. The quantitative estimate of drug-likeness (QED) is 0.518. The predicted octanol–water partition coefficient (Wildman–Crippen LogP) is -0.917. The summed E-state index contributed by atoms with van der Waals surface area (Å²) in [6.07, 6.45) is 2.28. The van der Waals surface area contributed by atoms with Crippen LogP contribution < -0.4 is 17.3 Å². The summed E-state index contributed by atoms with van der Waals surface area (Å²) < 4.78 is 5.77. The van der Waals surface area contributed by atoms with E-state index < -0.39 is 0 Å². The van der Waals surface area contributed by atoms with Crippen molar-refractivity contribution in [2.24, 2.45) is 0 Å². The Kier molecular flexibility index (Phi) is 7.17. The molecular formula is C17H27ClN2O2. The molecule has 1 aliphatic heterocycles. The summed E-state index contributed by atoms with van der Waals surface area (Å²) in [5.74, 6) is -0.124. The summed E-state index contributed by atoms with van der Waals surface area (Å²) in [7, 11) is 6.03. The molecule has 0 saturated carbocycles. The summed E-state index contributed by atoms with van der Waals surface area (Å²) >= 11 is 0. The topological polar surface area (TPSA) is 29.5 Å². The first-order chi connectivity index (χ1) is 10.00. The van der Waals surface area contributed by atoms with E-state index in [2.05, 4.69) is 48.0 Å². The van der Waals surface area contributed by atoms with Crippen molar-refractivity contribution in [1.29, 1.82) is 0 Å². The number of benzene rings is 1. The molecule has 1 heterocycles. The molecule has 22 heavy (non-hydrogen) atoms. The van der Waals surface area contributed by atoms with E-state index in [0.717, 1.165) is 30.4 Å². The SMILES string of the molecule is COC(=O)CCCc1ccc(N2CC[N+](C)(C)CC2)cc1.[Cl-]. The minimum absolute atomic E-state index is 0. The average molecular weight is 327 g/mol. The zero-order valence-corrected chi connectivity index (χ0v) is 14.6. The van der Waals surface area contributed by atoms with Crippen molar-refractivity contribution in [2.45, 2.75) is 19.3 Å². The molecule has 0 unspecified atom stereocenters. The Morgan fingerprint density at radius 3 is 2.32 bits per heavy atom. The predicted molar refractivity (Wildman–Crippen MR) is 85.5 cm³/mol. The van der Waals surface area contributed by atoms with Crippen LogP contribution >= 0.6 is 0 Å². The van der Waals surface area contributed by atoms with E-state index in [4.69, 9.17) is 0 Å². The molecule has 1 aliphatic rings. The van der Waals surface area contributed by atoms with Crippen molar-refractivity contribution in [3.8, 4) is 0 Å². The molecule has 1 fully saturated rings. The Labute approximate surface area is 140 Å². The number of likely N-dealkylation sites (N-methyl/N-ethyl adjacent to an activating group) is 1. The number of quaternary nitrogens is 1. The second-order valence-corrected chi connectivity index (χ2v) is 6.47. The number of aryl methyl sites for hydroxylation is 1. The fourth-order valence-corrected chi connectivity index (χ4v) is 2.68. The monoisotopic (exact) mass is 326 g/mol. The van der Waals surface area contributed by atoms with E-state index in [0.29, 0.717) is 6.42 Å². The normalized spacial score (nSPS) is 16.8. The number of methoxy groups -OCH3 is 1. The third-order valence-corrected chi connectivity index (χ3v) is 4.33. The van der Waals surface area contributed by atoms with E-state index in [1.807, 2.05) is 0 Å². The molecule has 5 heteroatoms. The maximum atomic E-state index is 11.1. The van der Waals surface area contributed by atoms with Gasteiger partial charge in [-0.2, -0.15) is 0 Å². The summed E-state index contributed by atoms with van der Waals surface area (Å²) in [4.78, 5) is 13.5. The Bertz CT molecular complexity index is 464. The highest BCUT2D eigenvalue weighted by molar-refractivity contribution is 5.69. The number of anilines is 1. The number of halogens is 1. The molecule has 4 nitrogen and oxygen atoms in total. The van der Waals surface area contributed by atoms with Crippen LogP contribution in [0.15, 0.2) is 24.3 Å². The Morgan fingerprint density at radius 1 is 1.18 bits per heavy atom. The standard InChI is InChI=1S/C17H27N2O2.ClH/c1-19(2)13-11-18(12-14-19)16-9-7-15(8-10-16)5-4-6-17(20)21-3;/h7-10H,4-6,11-14H2,1-3H3;1H/q+1;/p-1. The maximum absolute atomic E-state index is 11.1. The molecule has 0 radical (unpaired) electrons. The number of esters is 1. The van der Waals surface area contributed by atoms with Gasteiger partial charge in [0, 0.05) is 12.1 Å². The number of piperazine rings is 1. The van der Waals surface area contributed by atoms with Crippen molar-refractivity contribution in [3.63, 3.8) is 0 Å². The molecule has 0 aromatic heterocycles. The highest BCUT2D eigenvalue weighted by atomic mass is 35.5. The summed E-state index contributed by atoms with van der Waals surface area (Å²) in [5.41, 5.74) is 2.60. The summed E-state index contributed by atoms with van der Waals surface area (Å²) in [6, 6.07) is 8.78. The van der Waals surface area contributed by atoms with Gasteiger partial charge in [-0.15, -0.1) is 0 Å². The second-order valence-electron chi connectivity index (χ2n) is 6.47. The second kappa shape index (κ2) is 8.39. The van der Waals surface area contributed by atoms with Gasteiger partial charge < -0.3 is 26.5 Å². The van der Waals surface area contributed by atoms with E-state index in [1.165, 1.54) is 31.5 Å². The van der Waals surface area contributed by atoms with Crippen LogP contribution in [0.3, 0.4) is 0 Å². The lowest BCUT2D eigenvalue weighted by Gasteiger charge is -2.40. The highest BCUT2D eigenvalue weighted by Gasteiger charge is 2.24. The van der Waals surface area contributed by atoms with Crippen LogP contribution in [0.1, 0.15) is 18.4 Å². The molecule has 0 bridgehead atoms. The first kappa shape index (κ1) is 18.8. The Hall–Kier alpha value is -1.26. The maximum Gasteiger partial charge on any atom is 0.305 e. The van der Waals surface area contributed by atoms with Crippen LogP contribution in [-0.4, -0.2) is 57.8 Å². The molecule has 1 saturated heterocycles. The van der Waals surface area contributed by atoms with Crippen LogP contribution in [0.4, 0.5) is 5.69 Å². The van der Waals surface area contributed by atoms with Crippen molar-refractivity contribution < 1.29 is 26.4 Å². The largest absolute Gasteiger partial charge is 1.00 e.